The number of rotatable bonds is 5. The van der Waals surface area contributed by atoms with Crippen LogP contribution < -0.4 is 16.4 Å². The molecule has 0 bridgehead atoms. The highest BCUT2D eigenvalue weighted by atomic mass is 19.1. The van der Waals surface area contributed by atoms with Crippen LogP contribution in [0.4, 0.5) is 26.4 Å². The minimum Gasteiger partial charge on any atom is -0.397 e. The molecule has 1 heterocycles. The minimum atomic E-state index is -0.592. The van der Waals surface area contributed by atoms with Gasteiger partial charge in [0.15, 0.2) is 5.82 Å². The van der Waals surface area contributed by atoms with Crippen LogP contribution in [0.2, 0.25) is 0 Å². The van der Waals surface area contributed by atoms with Crippen molar-refractivity contribution in [1.82, 2.24) is 10.2 Å². The van der Waals surface area contributed by atoms with E-state index in [9.17, 15) is 14.0 Å². The van der Waals surface area contributed by atoms with Crippen LogP contribution >= 0.6 is 0 Å². The third kappa shape index (κ3) is 5.72. The number of anilines is 3. The number of aliphatic hydroxyl groups is 1. The Bertz CT molecular complexity index is 1250. The molecule has 0 aliphatic rings. The van der Waals surface area contributed by atoms with E-state index in [1.807, 2.05) is 30.3 Å². The molecule has 0 aliphatic carbocycles. The summed E-state index contributed by atoms with van der Waals surface area (Å²) in [6, 6.07) is 16.5. The first kappa shape index (κ1) is 23.4. The smallest absolute Gasteiger partial charge is 0.323 e. The maximum atomic E-state index is 13.9. The Labute approximate surface area is 189 Å². The molecule has 0 unspecified atom stereocenters. The maximum absolute atomic E-state index is 13.9. The summed E-state index contributed by atoms with van der Waals surface area (Å²) < 4.78 is 13.9. The zero-order valence-corrected chi connectivity index (χ0v) is 17.9. The fourth-order valence-corrected chi connectivity index (χ4v) is 3.25. The number of urea groups is 1. The average Bonchev–Trinajstić information content (AvgIpc) is 3.18. The predicted molar refractivity (Wildman–Crippen MR) is 128 cm³/mol. The van der Waals surface area contributed by atoms with Gasteiger partial charge < -0.3 is 26.3 Å². The van der Waals surface area contributed by atoms with E-state index in [1.54, 1.807) is 19.1 Å². The number of carbonyl (C=O) groups is 2. The first-order chi connectivity index (χ1) is 16.0. The summed E-state index contributed by atoms with van der Waals surface area (Å²) in [6.07, 6.45) is 0.863. The number of aromatic nitrogens is 2. The van der Waals surface area contributed by atoms with Gasteiger partial charge in [-0.25, -0.2) is 9.18 Å². The van der Waals surface area contributed by atoms with Crippen LogP contribution in [0, 0.1) is 5.82 Å². The van der Waals surface area contributed by atoms with Crippen molar-refractivity contribution in [2.24, 2.45) is 0 Å². The number of nitrogen functional groups attached to an aromatic ring is 1. The topological polar surface area (TPSA) is 133 Å². The Balaban J connectivity index is 0.000000968. The molecule has 4 rings (SSSR count). The van der Waals surface area contributed by atoms with E-state index in [4.69, 9.17) is 10.8 Å². The molecule has 0 spiro atoms. The monoisotopic (exact) mass is 449 g/mol. The molecule has 8 nitrogen and oxygen atoms in total. The number of nitrogens with one attached hydrogen (secondary N) is 3. The zero-order valence-electron chi connectivity index (χ0n) is 17.9. The fourth-order valence-electron chi connectivity index (χ4n) is 3.25. The number of nitrogens with two attached hydrogens (primary N) is 1. The molecule has 6 N–H and O–H groups in total. The Morgan fingerprint density at radius 2 is 1.88 bits per heavy atom. The molecule has 0 saturated heterocycles. The Morgan fingerprint density at radius 3 is 2.58 bits per heavy atom. The molecule has 0 fully saturated rings. The summed E-state index contributed by atoms with van der Waals surface area (Å²) in [5, 5.41) is 20.5. The SMILES string of the molecule is CCO.Nc1n[nH]c2cccc(-c3ccc(NC(=O)Nc4cc(CC=O)ccc4F)cc3)c12. The number of carbonyl (C=O) groups excluding carboxylic acids is 2. The lowest BCUT2D eigenvalue weighted by Crippen LogP contribution is -2.20. The van der Waals surface area contributed by atoms with Crippen molar-refractivity contribution >= 4 is 40.4 Å². The summed E-state index contributed by atoms with van der Waals surface area (Å²) in [6.45, 7) is 1.93. The molecule has 3 aromatic carbocycles. The minimum absolute atomic E-state index is 0.00517. The van der Waals surface area contributed by atoms with Gasteiger partial charge in [-0.05, 0) is 53.9 Å². The van der Waals surface area contributed by atoms with Gasteiger partial charge >= 0.3 is 6.03 Å². The number of nitrogens with zero attached hydrogens (tertiary/aromatic N) is 1. The van der Waals surface area contributed by atoms with E-state index in [0.717, 1.165) is 28.3 Å². The van der Waals surface area contributed by atoms with Crippen LogP contribution in [0.1, 0.15) is 12.5 Å². The number of H-pyrrole nitrogens is 1. The van der Waals surface area contributed by atoms with E-state index in [0.29, 0.717) is 17.1 Å². The number of benzene rings is 3. The van der Waals surface area contributed by atoms with Crippen molar-refractivity contribution < 1.29 is 19.1 Å². The second kappa shape index (κ2) is 10.9. The number of amides is 2. The molecule has 4 aromatic rings. The van der Waals surface area contributed by atoms with Crippen LogP contribution in [-0.4, -0.2) is 34.2 Å². The van der Waals surface area contributed by atoms with Crippen molar-refractivity contribution in [3.8, 4) is 11.1 Å². The van der Waals surface area contributed by atoms with Crippen molar-refractivity contribution in [2.45, 2.75) is 13.3 Å². The lowest BCUT2D eigenvalue weighted by Gasteiger charge is -2.10. The van der Waals surface area contributed by atoms with Gasteiger partial charge in [0.1, 0.15) is 12.1 Å². The number of hydrogen-bond acceptors (Lipinski definition) is 5. The van der Waals surface area contributed by atoms with Gasteiger partial charge in [0.25, 0.3) is 0 Å². The van der Waals surface area contributed by atoms with E-state index < -0.39 is 11.8 Å². The van der Waals surface area contributed by atoms with E-state index in [1.165, 1.54) is 18.2 Å². The lowest BCUT2D eigenvalue weighted by atomic mass is 10.0. The molecule has 0 saturated carbocycles. The lowest BCUT2D eigenvalue weighted by molar-refractivity contribution is -0.107. The van der Waals surface area contributed by atoms with E-state index in [2.05, 4.69) is 20.8 Å². The molecular formula is C24H24FN5O3. The summed E-state index contributed by atoms with van der Waals surface area (Å²) in [5.41, 5.74) is 9.79. The standard InChI is InChI=1S/C22H18FN5O2.C2H6O/c23-17-9-4-13(10-11-29)12-19(17)26-22(30)25-15-7-5-14(6-8-15)16-2-1-3-18-20(16)21(24)28-27-18;1-2-3/h1-9,11-12H,10H2,(H3,24,27,28)(H2,25,26,30);3H,2H2,1H3. The van der Waals surface area contributed by atoms with Gasteiger partial charge in [0.2, 0.25) is 0 Å². The van der Waals surface area contributed by atoms with Crippen LogP contribution in [0.3, 0.4) is 0 Å². The molecule has 2 amide bonds. The Morgan fingerprint density at radius 1 is 1.15 bits per heavy atom. The van der Waals surface area contributed by atoms with Crippen LogP contribution in [0.25, 0.3) is 22.0 Å². The quantitative estimate of drug-likeness (QED) is 0.289. The van der Waals surface area contributed by atoms with Crippen molar-refractivity contribution in [1.29, 1.82) is 0 Å². The van der Waals surface area contributed by atoms with Gasteiger partial charge in [-0.2, -0.15) is 5.10 Å². The van der Waals surface area contributed by atoms with Crippen LogP contribution in [-0.2, 0) is 11.2 Å². The van der Waals surface area contributed by atoms with Gasteiger partial charge in [-0.1, -0.05) is 30.3 Å². The summed E-state index contributed by atoms with van der Waals surface area (Å²) in [5.74, 6) is -0.165. The summed E-state index contributed by atoms with van der Waals surface area (Å²) in [7, 11) is 0. The first-order valence-corrected chi connectivity index (χ1v) is 10.2. The average molecular weight is 449 g/mol. The largest absolute Gasteiger partial charge is 0.397 e. The molecule has 170 valence electrons. The molecular weight excluding hydrogens is 425 g/mol. The second-order valence-corrected chi connectivity index (χ2v) is 6.99. The van der Waals surface area contributed by atoms with Crippen LogP contribution in [0.15, 0.2) is 60.7 Å². The van der Waals surface area contributed by atoms with E-state index >= 15 is 0 Å². The third-order valence-electron chi connectivity index (χ3n) is 4.67. The highest BCUT2D eigenvalue weighted by molar-refractivity contribution is 6.02. The number of aliphatic hydroxyl groups excluding tert-OH is 1. The number of halogens is 1. The number of fused-ring (bicyclic) bond motifs is 1. The third-order valence-corrected chi connectivity index (χ3v) is 4.67. The highest BCUT2D eigenvalue weighted by Gasteiger charge is 2.11. The summed E-state index contributed by atoms with van der Waals surface area (Å²) >= 11 is 0. The molecule has 0 radical (unpaired) electrons. The normalized spacial score (nSPS) is 10.3. The molecule has 0 atom stereocenters. The fraction of sp³-hybridized carbons (Fsp3) is 0.125. The van der Waals surface area contributed by atoms with Crippen molar-refractivity contribution in [2.75, 3.05) is 23.0 Å². The van der Waals surface area contributed by atoms with Gasteiger partial charge in [-0.3, -0.25) is 5.10 Å². The molecule has 0 aliphatic heterocycles. The molecule has 33 heavy (non-hydrogen) atoms. The first-order valence-electron chi connectivity index (χ1n) is 10.2. The Kier molecular flexibility index (Phi) is 7.72. The molecule has 1 aromatic heterocycles. The van der Waals surface area contributed by atoms with Crippen molar-refractivity contribution in [3.05, 3.63) is 72.0 Å². The number of aldehydes is 1. The number of aromatic amines is 1. The van der Waals surface area contributed by atoms with E-state index in [-0.39, 0.29) is 18.7 Å². The van der Waals surface area contributed by atoms with Gasteiger partial charge in [-0.15, -0.1) is 0 Å². The van der Waals surface area contributed by atoms with Gasteiger partial charge in [0, 0.05) is 18.7 Å². The maximum Gasteiger partial charge on any atom is 0.323 e. The molecule has 9 heteroatoms. The Hall–Kier alpha value is -4.24. The van der Waals surface area contributed by atoms with Crippen LogP contribution in [0.5, 0.6) is 0 Å². The second-order valence-electron chi connectivity index (χ2n) is 6.99. The van der Waals surface area contributed by atoms with Gasteiger partial charge in [0.05, 0.1) is 16.6 Å². The zero-order chi connectivity index (χ0) is 23.8. The highest BCUT2D eigenvalue weighted by Crippen LogP contribution is 2.31. The van der Waals surface area contributed by atoms with Crippen molar-refractivity contribution in [3.63, 3.8) is 0 Å². The number of hydrogen-bond donors (Lipinski definition) is 5. The predicted octanol–water partition coefficient (Wildman–Crippen LogP) is 4.34. The summed E-state index contributed by atoms with van der Waals surface area (Å²) in [4.78, 5) is 22.9.